The van der Waals surface area contributed by atoms with Gasteiger partial charge in [0.2, 0.25) is 5.60 Å². The third-order valence-corrected chi connectivity index (χ3v) is 1.86. The predicted octanol–water partition coefficient (Wildman–Crippen LogP) is 1.21. The van der Waals surface area contributed by atoms with Crippen LogP contribution in [0.1, 0.15) is 20.8 Å². The van der Waals surface area contributed by atoms with Gasteiger partial charge in [0, 0.05) is 0 Å². The fraction of sp³-hybridized carbons (Fsp3) is 0.667. The van der Waals surface area contributed by atoms with Gasteiger partial charge < -0.3 is 4.74 Å². The van der Waals surface area contributed by atoms with Gasteiger partial charge in [-0.3, -0.25) is 0 Å². The number of ether oxygens (including phenoxy) is 1. The van der Waals surface area contributed by atoms with Gasteiger partial charge in [0.1, 0.15) is 12.2 Å². The topological polar surface area (TPSA) is 44.8 Å². The van der Waals surface area contributed by atoms with Gasteiger partial charge in [-0.25, -0.2) is 14.6 Å². The third-order valence-electron chi connectivity index (χ3n) is 1.86. The molecule has 1 fully saturated rings. The van der Waals surface area contributed by atoms with Crippen molar-refractivity contribution in [2.45, 2.75) is 32.0 Å². The molecule has 0 radical (unpaired) electrons. The highest BCUT2D eigenvalue weighted by Crippen LogP contribution is 2.25. The van der Waals surface area contributed by atoms with Gasteiger partial charge in [-0.15, -0.1) is 0 Å². The van der Waals surface area contributed by atoms with Crippen molar-refractivity contribution in [3.63, 3.8) is 0 Å². The van der Waals surface area contributed by atoms with Crippen LogP contribution in [-0.4, -0.2) is 23.8 Å². The standard InChI is InChI=1S/C9H14O4/c1-5-8(2,3)12-7(10)9(4)6-11-13-9/h5H,1,6H2,2-4H3. The maximum atomic E-state index is 11.4. The Kier molecular flexibility index (Phi) is 2.45. The summed E-state index contributed by atoms with van der Waals surface area (Å²) in [5.41, 5.74) is -1.61. The Hall–Kier alpha value is -0.870. The van der Waals surface area contributed by atoms with Crippen LogP contribution in [0.4, 0.5) is 0 Å². The first-order valence-corrected chi connectivity index (χ1v) is 4.07. The first kappa shape index (κ1) is 10.2. The second-order valence-corrected chi connectivity index (χ2v) is 3.77. The quantitative estimate of drug-likeness (QED) is 0.377. The molecule has 0 aliphatic carbocycles. The molecule has 0 N–H and O–H groups in total. The summed E-state index contributed by atoms with van der Waals surface area (Å²) in [5, 5.41) is 0. The maximum Gasteiger partial charge on any atom is 0.344 e. The number of hydrogen-bond acceptors (Lipinski definition) is 4. The summed E-state index contributed by atoms with van der Waals surface area (Å²) in [5.74, 6) is -0.427. The fourth-order valence-corrected chi connectivity index (χ4v) is 0.717. The maximum absolute atomic E-state index is 11.4. The summed E-state index contributed by atoms with van der Waals surface area (Å²) in [7, 11) is 0. The van der Waals surface area contributed by atoms with E-state index >= 15 is 0 Å². The Morgan fingerprint density at radius 1 is 1.69 bits per heavy atom. The molecule has 1 aliphatic rings. The lowest BCUT2D eigenvalue weighted by molar-refractivity contribution is -0.454. The summed E-state index contributed by atoms with van der Waals surface area (Å²) in [6.45, 7) is 8.92. The molecule has 74 valence electrons. The van der Waals surface area contributed by atoms with E-state index in [1.807, 2.05) is 0 Å². The normalized spacial score (nSPS) is 27.6. The van der Waals surface area contributed by atoms with Crippen molar-refractivity contribution in [3.8, 4) is 0 Å². The van der Waals surface area contributed by atoms with Crippen LogP contribution >= 0.6 is 0 Å². The molecule has 1 unspecified atom stereocenters. The second-order valence-electron chi connectivity index (χ2n) is 3.77. The molecule has 1 aliphatic heterocycles. The molecule has 13 heavy (non-hydrogen) atoms. The van der Waals surface area contributed by atoms with Crippen molar-refractivity contribution in [2.24, 2.45) is 0 Å². The Bertz CT molecular complexity index is 228. The summed E-state index contributed by atoms with van der Waals surface area (Å²) in [6, 6.07) is 0. The second kappa shape index (κ2) is 3.12. The van der Waals surface area contributed by atoms with Crippen LogP contribution in [0.5, 0.6) is 0 Å². The Morgan fingerprint density at radius 2 is 2.23 bits per heavy atom. The summed E-state index contributed by atoms with van der Waals surface area (Å²) in [4.78, 5) is 20.6. The van der Waals surface area contributed by atoms with Crippen molar-refractivity contribution in [1.82, 2.24) is 0 Å². The monoisotopic (exact) mass is 186 g/mol. The Labute approximate surface area is 77.4 Å². The highest BCUT2D eigenvalue weighted by molar-refractivity contribution is 5.80. The van der Waals surface area contributed by atoms with Gasteiger partial charge >= 0.3 is 5.97 Å². The average Bonchev–Trinajstić information content (AvgIpc) is 1.99. The van der Waals surface area contributed by atoms with Crippen molar-refractivity contribution < 1.29 is 19.3 Å². The van der Waals surface area contributed by atoms with E-state index in [2.05, 4.69) is 16.4 Å². The van der Waals surface area contributed by atoms with E-state index < -0.39 is 17.2 Å². The Morgan fingerprint density at radius 3 is 2.54 bits per heavy atom. The number of hydrogen-bond donors (Lipinski definition) is 0. The molecule has 4 nitrogen and oxygen atoms in total. The number of rotatable bonds is 3. The van der Waals surface area contributed by atoms with Crippen LogP contribution in [0.15, 0.2) is 12.7 Å². The van der Waals surface area contributed by atoms with Crippen LogP contribution in [0, 0.1) is 0 Å². The molecule has 0 aromatic rings. The largest absolute Gasteiger partial charge is 0.453 e. The summed E-state index contributed by atoms with van der Waals surface area (Å²) in [6.07, 6.45) is 1.56. The summed E-state index contributed by atoms with van der Waals surface area (Å²) < 4.78 is 5.13. The zero-order valence-electron chi connectivity index (χ0n) is 8.12. The lowest BCUT2D eigenvalue weighted by atomic mass is 10.1. The minimum absolute atomic E-state index is 0.235. The minimum atomic E-state index is -0.944. The van der Waals surface area contributed by atoms with E-state index in [0.717, 1.165) is 0 Å². The van der Waals surface area contributed by atoms with Gasteiger partial charge in [-0.05, 0) is 26.8 Å². The SMILES string of the molecule is C=CC(C)(C)OC(=O)C1(C)COO1. The summed E-state index contributed by atoms with van der Waals surface area (Å²) >= 11 is 0. The zero-order valence-corrected chi connectivity index (χ0v) is 8.12. The van der Waals surface area contributed by atoms with Crippen molar-refractivity contribution in [1.29, 1.82) is 0 Å². The highest BCUT2D eigenvalue weighted by atomic mass is 17.2. The third kappa shape index (κ3) is 2.08. The highest BCUT2D eigenvalue weighted by Gasteiger charge is 2.47. The molecule has 0 amide bonds. The zero-order chi connectivity index (χ0) is 10.1. The molecule has 0 saturated carbocycles. The van der Waals surface area contributed by atoms with Gasteiger partial charge in [-0.2, -0.15) is 0 Å². The first-order valence-electron chi connectivity index (χ1n) is 4.07. The molecule has 1 rings (SSSR count). The van der Waals surface area contributed by atoms with E-state index in [-0.39, 0.29) is 6.61 Å². The molecular formula is C9H14O4. The number of esters is 1. The van der Waals surface area contributed by atoms with E-state index in [0.29, 0.717) is 0 Å². The molecule has 1 saturated heterocycles. The first-order chi connectivity index (χ1) is 5.90. The number of carbonyl (C=O) groups is 1. The lowest BCUT2D eigenvalue weighted by Gasteiger charge is -2.35. The van der Waals surface area contributed by atoms with E-state index in [4.69, 9.17) is 4.74 Å². The molecule has 0 aromatic carbocycles. The Balaban J connectivity index is 2.54. The van der Waals surface area contributed by atoms with E-state index in [9.17, 15) is 4.79 Å². The van der Waals surface area contributed by atoms with Crippen molar-refractivity contribution in [3.05, 3.63) is 12.7 Å². The molecule has 1 heterocycles. The van der Waals surface area contributed by atoms with Crippen LogP contribution in [0.25, 0.3) is 0 Å². The van der Waals surface area contributed by atoms with Crippen LogP contribution in [0.2, 0.25) is 0 Å². The smallest absolute Gasteiger partial charge is 0.344 e. The average molecular weight is 186 g/mol. The predicted molar refractivity (Wildman–Crippen MR) is 45.8 cm³/mol. The van der Waals surface area contributed by atoms with Gasteiger partial charge in [0.15, 0.2) is 0 Å². The fourth-order valence-electron chi connectivity index (χ4n) is 0.717. The molecule has 0 spiro atoms. The molecule has 4 heteroatoms. The lowest BCUT2D eigenvalue weighted by Crippen LogP contribution is -2.53. The van der Waals surface area contributed by atoms with Crippen LogP contribution in [0.3, 0.4) is 0 Å². The van der Waals surface area contributed by atoms with Gasteiger partial charge in [-0.1, -0.05) is 6.58 Å². The minimum Gasteiger partial charge on any atom is -0.453 e. The van der Waals surface area contributed by atoms with Gasteiger partial charge in [0.25, 0.3) is 0 Å². The molecular weight excluding hydrogens is 172 g/mol. The van der Waals surface area contributed by atoms with E-state index in [1.165, 1.54) is 0 Å². The molecule has 0 aromatic heterocycles. The molecule has 1 atom stereocenters. The van der Waals surface area contributed by atoms with Crippen LogP contribution < -0.4 is 0 Å². The van der Waals surface area contributed by atoms with Gasteiger partial charge in [0.05, 0.1) is 0 Å². The molecule has 0 bridgehead atoms. The van der Waals surface area contributed by atoms with E-state index in [1.54, 1.807) is 26.8 Å². The van der Waals surface area contributed by atoms with Crippen molar-refractivity contribution in [2.75, 3.05) is 6.61 Å². The number of carbonyl (C=O) groups excluding carboxylic acids is 1. The van der Waals surface area contributed by atoms with Crippen molar-refractivity contribution >= 4 is 5.97 Å². The van der Waals surface area contributed by atoms with Crippen LogP contribution in [-0.2, 0) is 19.3 Å².